The fourth-order valence-electron chi connectivity index (χ4n) is 2.92. The van der Waals surface area contributed by atoms with Gasteiger partial charge in [-0.2, -0.15) is 0 Å². The van der Waals surface area contributed by atoms with Crippen LogP contribution in [0.1, 0.15) is 0 Å². The van der Waals surface area contributed by atoms with Crippen LogP contribution in [0, 0.1) is 0 Å². The van der Waals surface area contributed by atoms with Gasteiger partial charge >= 0.3 is 0 Å². The van der Waals surface area contributed by atoms with Gasteiger partial charge in [0.2, 0.25) is 0 Å². The highest BCUT2D eigenvalue weighted by Gasteiger charge is 2.16. The maximum absolute atomic E-state index is 10.1. The third-order valence-electron chi connectivity index (χ3n) is 4.28. The third kappa shape index (κ3) is 3.30. The molecular weight excluding hydrogens is 398 g/mol. The van der Waals surface area contributed by atoms with Crippen LogP contribution in [0.3, 0.4) is 0 Å². The van der Waals surface area contributed by atoms with Gasteiger partial charge in [-0.3, -0.25) is 0 Å². The number of hydrogen-bond donors (Lipinski definition) is 2. The lowest BCUT2D eigenvalue weighted by molar-refractivity contribution is 0.355. The van der Waals surface area contributed by atoms with Gasteiger partial charge in [-0.25, -0.2) is 9.97 Å². The van der Waals surface area contributed by atoms with Crippen molar-refractivity contribution in [2.45, 2.75) is 0 Å². The Morgan fingerprint density at radius 3 is 2.64 bits per heavy atom. The Morgan fingerprint density at radius 2 is 1.86 bits per heavy atom. The van der Waals surface area contributed by atoms with Gasteiger partial charge in [-0.05, 0) is 35.9 Å². The first kappa shape index (κ1) is 18.3. The second kappa shape index (κ2) is 7.53. The summed E-state index contributed by atoms with van der Waals surface area (Å²) in [4.78, 5) is 9.57. The second-order valence-electron chi connectivity index (χ2n) is 5.91. The molecule has 8 heteroatoms. The number of phenols is 1. The number of thiophene rings is 1. The summed E-state index contributed by atoms with van der Waals surface area (Å²) < 4.78 is 10.7. The van der Waals surface area contributed by atoms with Gasteiger partial charge in [0.05, 0.1) is 25.3 Å². The molecule has 28 heavy (non-hydrogen) atoms. The molecule has 0 aliphatic rings. The quantitative estimate of drug-likeness (QED) is 0.422. The highest BCUT2D eigenvalue weighted by molar-refractivity contribution is 7.17. The van der Waals surface area contributed by atoms with E-state index in [1.54, 1.807) is 26.4 Å². The Morgan fingerprint density at radius 1 is 1.04 bits per heavy atom. The monoisotopic (exact) mass is 413 g/mol. The first-order valence-corrected chi connectivity index (χ1v) is 9.56. The zero-order valence-corrected chi connectivity index (χ0v) is 16.6. The van der Waals surface area contributed by atoms with Crippen molar-refractivity contribution in [2.24, 2.45) is 0 Å². The summed E-state index contributed by atoms with van der Waals surface area (Å²) in [5, 5.41) is 16.7. The minimum Gasteiger partial charge on any atom is -0.506 e. The summed E-state index contributed by atoms with van der Waals surface area (Å²) in [7, 11) is 3.20. The molecule has 2 aromatic carbocycles. The number of hydrogen-bond acceptors (Lipinski definition) is 7. The number of fused-ring (bicyclic) bond motifs is 1. The summed E-state index contributed by atoms with van der Waals surface area (Å²) in [6.45, 7) is 0. The maximum Gasteiger partial charge on any atom is 0.161 e. The number of rotatable bonds is 5. The molecule has 0 saturated heterocycles. The zero-order valence-electron chi connectivity index (χ0n) is 15.1. The molecule has 0 unspecified atom stereocenters. The summed E-state index contributed by atoms with van der Waals surface area (Å²) >= 11 is 7.57. The Bertz CT molecular complexity index is 1160. The number of benzene rings is 2. The minimum absolute atomic E-state index is 0.0825. The van der Waals surface area contributed by atoms with E-state index in [-0.39, 0.29) is 5.75 Å². The van der Waals surface area contributed by atoms with E-state index in [1.807, 2.05) is 23.6 Å². The van der Waals surface area contributed by atoms with E-state index in [0.29, 0.717) is 28.0 Å². The molecule has 2 heterocycles. The molecule has 6 nitrogen and oxygen atoms in total. The fraction of sp³-hybridized carbons (Fsp3) is 0.100. The SMILES string of the molecule is COc1ccc(-c2csc3ncnc(Nc4cc(Cl)ccc4O)c23)cc1OC. The molecule has 0 amide bonds. The van der Waals surface area contributed by atoms with E-state index in [1.165, 1.54) is 23.7 Å². The third-order valence-corrected chi connectivity index (χ3v) is 5.40. The number of phenolic OH excluding ortho intramolecular Hbond substituents is 1. The molecule has 0 radical (unpaired) electrons. The molecule has 0 fully saturated rings. The van der Waals surface area contributed by atoms with E-state index in [4.69, 9.17) is 21.1 Å². The van der Waals surface area contributed by atoms with E-state index in [2.05, 4.69) is 15.3 Å². The Hall–Kier alpha value is -3.03. The molecule has 0 atom stereocenters. The van der Waals surface area contributed by atoms with Crippen molar-refractivity contribution in [2.75, 3.05) is 19.5 Å². The molecule has 2 aromatic heterocycles. The number of nitrogens with one attached hydrogen (secondary N) is 1. The number of anilines is 2. The summed E-state index contributed by atoms with van der Waals surface area (Å²) in [5.41, 5.74) is 2.36. The van der Waals surface area contributed by atoms with Gasteiger partial charge in [0, 0.05) is 16.0 Å². The van der Waals surface area contributed by atoms with Gasteiger partial charge in [0.15, 0.2) is 11.5 Å². The first-order chi connectivity index (χ1) is 13.6. The molecule has 0 bridgehead atoms. The number of aromatic hydroxyl groups is 1. The smallest absolute Gasteiger partial charge is 0.161 e. The van der Waals surface area contributed by atoms with E-state index >= 15 is 0 Å². The predicted octanol–water partition coefficient (Wildman–Crippen LogP) is 5.48. The lowest BCUT2D eigenvalue weighted by Gasteiger charge is -2.12. The van der Waals surface area contributed by atoms with Crippen LogP contribution in [0.25, 0.3) is 21.3 Å². The van der Waals surface area contributed by atoms with Crippen LogP contribution in [-0.2, 0) is 0 Å². The normalized spacial score (nSPS) is 10.8. The van der Waals surface area contributed by atoms with Crippen molar-refractivity contribution in [3.05, 3.63) is 53.1 Å². The number of nitrogens with zero attached hydrogens (tertiary/aromatic N) is 2. The van der Waals surface area contributed by atoms with Gasteiger partial charge in [0.25, 0.3) is 0 Å². The highest BCUT2D eigenvalue weighted by atomic mass is 35.5. The first-order valence-electron chi connectivity index (χ1n) is 8.31. The predicted molar refractivity (Wildman–Crippen MR) is 112 cm³/mol. The molecule has 142 valence electrons. The summed E-state index contributed by atoms with van der Waals surface area (Å²) in [6.07, 6.45) is 1.49. The van der Waals surface area contributed by atoms with Crippen molar-refractivity contribution >= 4 is 44.7 Å². The van der Waals surface area contributed by atoms with Crippen molar-refractivity contribution in [3.8, 4) is 28.4 Å². The Kier molecular flexibility index (Phi) is 4.93. The molecule has 4 aromatic rings. The summed E-state index contributed by atoms with van der Waals surface area (Å²) in [6, 6.07) is 10.5. The van der Waals surface area contributed by atoms with Crippen LogP contribution in [0.2, 0.25) is 5.02 Å². The lowest BCUT2D eigenvalue weighted by Crippen LogP contribution is -1.96. The van der Waals surface area contributed by atoms with Crippen molar-refractivity contribution < 1.29 is 14.6 Å². The molecule has 2 N–H and O–H groups in total. The van der Waals surface area contributed by atoms with E-state index < -0.39 is 0 Å². The van der Waals surface area contributed by atoms with Gasteiger partial charge in [-0.15, -0.1) is 11.3 Å². The molecule has 0 spiro atoms. The van der Waals surface area contributed by atoms with Crippen LogP contribution in [0.15, 0.2) is 48.1 Å². The zero-order chi connectivity index (χ0) is 19.7. The number of halogens is 1. The van der Waals surface area contributed by atoms with E-state index in [9.17, 15) is 5.11 Å². The highest BCUT2D eigenvalue weighted by Crippen LogP contribution is 2.41. The fourth-order valence-corrected chi connectivity index (χ4v) is 4.01. The molecule has 4 rings (SSSR count). The van der Waals surface area contributed by atoms with E-state index in [0.717, 1.165) is 21.3 Å². The number of aromatic nitrogens is 2. The lowest BCUT2D eigenvalue weighted by atomic mass is 10.1. The number of methoxy groups -OCH3 is 2. The largest absolute Gasteiger partial charge is 0.506 e. The molecule has 0 aliphatic heterocycles. The average molecular weight is 414 g/mol. The van der Waals surface area contributed by atoms with Crippen LogP contribution in [0.4, 0.5) is 11.5 Å². The van der Waals surface area contributed by atoms with Crippen molar-refractivity contribution in [1.82, 2.24) is 9.97 Å². The molecular formula is C20H16ClN3O3S. The Labute approximate surface area is 170 Å². The van der Waals surface area contributed by atoms with Gasteiger partial charge in [-0.1, -0.05) is 17.7 Å². The number of ether oxygens (including phenoxy) is 2. The van der Waals surface area contributed by atoms with Crippen LogP contribution >= 0.6 is 22.9 Å². The van der Waals surface area contributed by atoms with Crippen molar-refractivity contribution in [3.63, 3.8) is 0 Å². The van der Waals surface area contributed by atoms with Gasteiger partial charge in [0.1, 0.15) is 22.7 Å². The maximum atomic E-state index is 10.1. The second-order valence-corrected chi connectivity index (χ2v) is 7.20. The average Bonchev–Trinajstić information content (AvgIpc) is 3.15. The van der Waals surface area contributed by atoms with Crippen LogP contribution in [0.5, 0.6) is 17.2 Å². The Balaban J connectivity index is 1.85. The minimum atomic E-state index is 0.0825. The standard InChI is InChI=1S/C20H16ClN3O3S/c1-26-16-6-3-11(7-17(16)27-2)13-9-28-20-18(13)19(22-10-23-20)24-14-8-12(21)4-5-15(14)25/h3-10,25H,1-2H3,(H,22,23,24). The summed E-state index contributed by atoms with van der Waals surface area (Å²) in [5.74, 6) is 1.95. The topological polar surface area (TPSA) is 76.5 Å². The van der Waals surface area contributed by atoms with Crippen LogP contribution < -0.4 is 14.8 Å². The molecule has 0 saturated carbocycles. The molecule has 0 aliphatic carbocycles. The van der Waals surface area contributed by atoms with Crippen molar-refractivity contribution in [1.29, 1.82) is 0 Å². The van der Waals surface area contributed by atoms with Crippen LogP contribution in [-0.4, -0.2) is 29.3 Å². The van der Waals surface area contributed by atoms with Gasteiger partial charge < -0.3 is 19.9 Å².